The number of hydrogen-bond acceptors (Lipinski definition) is 3. The van der Waals surface area contributed by atoms with Crippen LogP contribution in [0.3, 0.4) is 0 Å². The summed E-state index contributed by atoms with van der Waals surface area (Å²) in [7, 11) is 0. The van der Waals surface area contributed by atoms with Crippen LogP contribution in [0.25, 0.3) is 0 Å². The topological polar surface area (TPSA) is 86.6 Å². The molecule has 5 nitrogen and oxygen atoms in total. The fraction of sp³-hybridized carbons (Fsp3) is 0.385. The highest BCUT2D eigenvalue weighted by Crippen LogP contribution is 2.05. The number of carbonyl (C=O) groups is 2. The van der Waals surface area contributed by atoms with Crippen LogP contribution in [0.2, 0.25) is 0 Å². The quantitative estimate of drug-likeness (QED) is 0.686. The minimum atomic E-state index is -1.14. The maximum absolute atomic E-state index is 11.7. The minimum absolute atomic E-state index is 0.00882. The largest absolute Gasteiger partial charge is 0.480 e. The van der Waals surface area contributed by atoms with E-state index in [9.17, 15) is 9.59 Å². The van der Waals surface area contributed by atoms with Crippen molar-refractivity contribution in [2.75, 3.05) is 6.61 Å². The second-order valence-corrected chi connectivity index (χ2v) is 4.14. The Hall–Kier alpha value is -1.88. The Labute approximate surface area is 105 Å². The molecule has 3 N–H and O–H groups in total. The van der Waals surface area contributed by atoms with Crippen molar-refractivity contribution in [3.8, 4) is 0 Å². The Balaban J connectivity index is 2.57. The summed E-state index contributed by atoms with van der Waals surface area (Å²) in [5.41, 5.74) is 1.88. The van der Waals surface area contributed by atoms with E-state index >= 15 is 0 Å². The normalized spacial score (nSPS) is 11.9. The standard InChI is InChI=1S/C13H17NO4/c1-9-3-2-4-10(7-9)8-12(16)14-11(5-6-15)13(17)18/h2-4,7,11,15H,5-6,8H2,1H3,(H,14,16)(H,17,18)/t11-/m0/s1. The first-order chi connectivity index (χ1) is 8.52. The molecule has 1 atom stereocenters. The van der Waals surface area contributed by atoms with Gasteiger partial charge in [0, 0.05) is 13.0 Å². The molecule has 0 unspecified atom stereocenters. The highest BCUT2D eigenvalue weighted by molar-refractivity contribution is 5.84. The molecule has 1 amide bonds. The molecular formula is C13H17NO4. The number of hydrogen-bond donors (Lipinski definition) is 3. The van der Waals surface area contributed by atoms with Crippen molar-refractivity contribution < 1.29 is 19.8 Å². The maximum Gasteiger partial charge on any atom is 0.326 e. The van der Waals surface area contributed by atoms with Crippen LogP contribution in [0.4, 0.5) is 0 Å². The second kappa shape index (κ2) is 6.76. The van der Waals surface area contributed by atoms with Gasteiger partial charge in [-0.25, -0.2) is 4.79 Å². The summed E-state index contributed by atoms with van der Waals surface area (Å²) < 4.78 is 0. The molecule has 0 fully saturated rings. The molecule has 0 aliphatic heterocycles. The molecule has 1 aromatic carbocycles. The van der Waals surface area contributed by atoms with Crippen LogP contribution in [0.1, 0.15) is 17.5 Å². The average molecular weight is 251 g/mol. The molecule has 0 aromatic heterocycles. The van der Waals surface area contributed by atoms with Gasteiger partial charge in [0.1, 0.15) is 6.04 Å². The molecule has 0 spiro atoms. The highest BCUT2D eigenvalue weighted by Gasteiger charge is 2.19. The number of aliphatic carboxylic acids is 1. The third-order valence-corrected chi connectivity index (χ3v) is 2.50. The maximum atomic E-state index is 11.7. The van der Waals surface area contributed by atoms with Crippen molar-refractivity contribution in [3.05, 3.63) is 35.4 Å². The number of aliphatic hydroxyl groups excluding tert-OH is 1. The number of benzene rings is 1. The minimum Gasteiger partial charge on any atom is -0.480 e. The van der Waals surface area contributed by atoms with E-state index in [1.165, 1.54) is 0 Å². The van der Waals surface area contributed by atoms with Crippen molar-refractivity contribution in [1.29, 1.82) is 0 Å². The van der Waals surface area contributed by atoms with Gasteiger partial charge in [0.25, 0.3) is 0 Å². The van der Waals surface area contributed by atoms with Crippen LogP contribution < -0.4 is 5.32 Å². The number of nitrogens with one attached hydrogen (secondary N) is 1. The lowest BCUT2D eigenvalue weighted by molar-refractivity contribution is -0.142. The highest BCUT2D eigenvalue weighted by atomic mass is 16.4. The zero-order valence-corrected chi connectivity index (χ0v) is 10.2. The molecule has 0 bridgehead atoms. The predicted molar refractivity (Wildman–Crippen MR) is 66.2 cm³/mol. The summed E-state index contributed by atoms with van der Waals surface area (Å²) in [6, 6.07) is 6.43. The first-order valence-corrected chi connectivity index (χ1v) is 5.71. The van der Waals surface area contributed by atoms with Crippen LogP contribution in [0.15, 0.2) is 24.3 Å². The van der Waals surface area contributed by atoms with E-state index in [-0.39, 0.29) is 25.4 Å². The Morgan fingerprint density at radius 3 is 2.67 bits per heavy atom. The van der Waals surface area contributed by atoms with Crippen molar-refractivity contribution >= 4 is 11.9 Å². The number of aliphatic hydroxyl groups is 1. The second-order valence-electron chi connectivity index (χ2n) is 4.14. The number of carboxylic acid groups (broad SMARTS) is 1. The molecule has 1 rings (SSSR count). The van der Waals surface area contributed by atoms with Crippen molar-refractivity contribution in [2.24, 2.45) is 0 Å². The summed E-state index contributed by atoms with van der Waals surface area (Å²) in [5, 5.41) is 19.9. The third-order valence-electron chi connectivity index (χ3n) is 2.50. The van der Waals surface area contributed by atoms with Gasteiger partial charge >= 0.3 is 5.97 Å². The molecule has 18 heavy (non-hydrogen) atoms. The van der Waals surface area contributed by atoms with Gasteiger partial charge in [-0.2, -0.15) is 0 Å². The molecule has 0 saturated heterocycles. The number of carboxylic acids is 1. The van der Waals surface area contributed by atoms with Crippen LogP contribution in [-0.2, 0) is 16.0 Å². The Morgan fingerprint density at radius 1 is 1.39 bits per heavy atom. The van der Waals surface area contributed by atoms with Gasteiger partial charge in [0.2, 0.25) is 5.91 Å². The number of amides is 1. The lowest BCUT2D eigenvalue weighted by Crippen LogP contribution is -2.42. The predicted octanol–water partition coefficient (Wildman–Crippen LogP) is 0.489. The molecule has 0 radical (unpaired) electrons. The van der Waals surface area contributed by atoms with Gasteiger partial charge in [0.15, 0.2) is 0 Å². The summed E-state index contributed by atoms with van der Waals surface area (Å²) in [4.78, 5) is 22.5. The first kappa shape index (κ1) is 14.2. The summed E-state index contributed by atoms with van der Waals surface area (Å²) in [5.74, 6) is -1.50. The van der Waals surface area contributed by atoms with Gasteiger partial charge in [-0.3, -0.25) is 4.79 Å². The zero-order valence-electron chi connectivity index (χ0n) is 10.2. The van der Waals surface area contributed by atoms with E-state index in [4.69, 9.17) is 10.2 Å². The van der Waals surface area contributed by atoms with Crippen LogP contribution in [0, 0.1) is 6.92 Å². The third kappa shape index (κ3) is 4.55. The van der Waals surface area contributed by atoms with E-state index in [1.54, 1.807) is 0 Å². The van der Waals surface area contributed by atoms with E-state index < -0.39 is 12.0 Å². The van der Waals surface area contributed by atoms with Crippen molar-refractivity contribution in [3.63, 3.8) is 0 Å². The number of carbonyl (C=O) groups excluding carboxylic acids is 1. The Bertz CT molecular complexity index is 431. The zero-order chi connectivity index (χ0) is 13.5. The van der Waals surface area contributed by atoms with Crippen LogP contribution in [0.5, 0.6) is 0 Å². The number of rotatable bonds is 6. The fourth-order valence-corrected chi connectivity index (χ4v) is 1.64. The molecule has 0 saturated carbocycles. The molecular weight excluding hydrogens is 234 g/mol. The van der Waals surface area contributed by atoms with Crippen LogP contribution >= 0.6 is 0 Å². The summed E-state index contributed by atoms with van der Waals surface area (Å²) in [6.07, 6.45) is 0.145. The lowest BCUT2D eigenvalue weighted by atomic mass is 10.1. The molecule has 0 aliphatic carbocycles. The fourth-order valence-electron chi connectivity index (χ4n) is 1.64. The van der Waals surface area contributed by atoms with Crippen molar-refractivity contribution in [1.82, 2.24) is 5.32 Å². The van der Waals surface area contributed by atoms with Gasteiger partial charge in [-0.1, -0.05) is 29.8 Å². The smallest absolute Gasteiger partial charge is 0.326 e. The number of aryl methyl sites for hydroxylation is 1. The van der Waals surface area contributed by atoms with E-state index in [0.29, 0.717) is 0 Å². The SMILES string of the molecule is Cc1cccc(CC(=O)N[C@@H](CCO)C(=O)O)c1. The van der Waals surface area contributed by atoms with E-state index in [2.05, 4.69) is 5.32 Å². The lowest BCUT2D eigenvalue weighted by Gasteiger charge is -2.13. The van der Waals surface area contributed by atoms with Gasteiger partial charge in [-0.05, 0) is 12.5 Å². The molecule has 98 valence electrons. The van der Waals surface area contributed by atoms with Crippen molar-refractivity contribution in [2.45, 2.75) is 25.8 Å². The molecule has 0 aliphatic rings. The van der Waals surface area contributed by atoms with Crippen LogP contribution in [-0.4, -0.2) is 34.7 Å². The molecule has 5 heteroatoms. The average Bonchev–Trinajstić information content (AvgIpc) is 2.28. The Kier molecular flexibility index (Phi) is 5.32. The molecule has 1 aromatic rings. The van der Waals surface area contributed by atoms with E-state index in [1.807, 2.05) is 31.2 Å². The summed E-state index contributed by atoms with van der Waals surface area (Å²) in [6.45, 7) is 1.65. The summed E-state index contributed by atoms with van der Waals surface area (Å²) >= 11 is 0. The van der Waals surface area contributed by atoms with Gasteiger partial charge in [0.05, 0.1) is 6.42 Å². The van der Waals surface area contributed by atoms with Gasteiger partial charge in [-0.15, -0.1) is 0 Å². The molecule has 0 heterocycles. The first-order valence-electron chi connectivity index (χ1n) is 5.71. The van der Waals surface area contributed by atoms with E-state index in [0.717, 1.165) is 11.1 Å². The Morgan fingerprint density at radius 2 is 2.11 bits per heavy atom. The van der Waals surface area contributed by atoms with Gasteiger partial charge < -0.3 is 15.5 Å². The monoisotopic (exact) mass is 251 g/mol.